The van der Waals surface area contributed by atoms with Gasteiger partial charge in [-0.15, -0.1) is 0 Å². The van der Waals surface area contributed by atoms with Gasteiger partial charge < -0.3 is 16.4 Å². The topological polar surface area (TPSA) is 79.1 Å². The van der Waals surface area contributed by atoms with Gasteiger partial charge in [-0.25, -0.2) is 0 Å². The Morgan fingerprint density at radius 2 is 2.17 bits per heavy atom. The molecule has 0 atom stereocenters. The molecule has 1 aliphatic rings. The van der Waals surface area contributed by atoms with E-state index < -0.39 is 0 Å². The molecule has 1 saturated heterocycles. The van der Waals surface area contributed by atoms with Crippen molar-refractivity contribution in [3.63, 3.8) is 0 Å². The quantitative estimate of drug-likeness (QED) is 0.403. The Bertz CT molecular complexity index is 199. The summed E-state index contributed by atoms with van der Waals surface area (Å²) in [5, 5.41) is 7.53. The number of likely N-dealkylation sites (tertiary alicyclic amines) is 1. The molecule has 12 heavy (non-hydrogen) atoms. The average Bonchev–Trinajstić information content (AvgIpc) is 1.82. The van der Waals surface area contributed by atoms with Crippen molar-refractivity contribution in [2.45, 2.75) is 13.3 Å². The molecule has 0 aromatic heterocycles. The van der Waals surface area contributed by atoms with Crippen molar-refractivity contribution in [2.24, 2.45) is 17.4 Å². The van der Waals surface area contributed by atoms with Crippen LogP contribution in [0.3, 0.4) is 0 Å². The standard InChI is InChI=1S/C8H16N4/c1-2-6-4-12(5-6)8(11)3-7(9)10/h3,6,11H,2,4-5,9-10H2,1H3. The van der Waals surface area contributed by atoms with Crippen LogP contribution in [0.15, 0.2) is 11.9 Å². The van der Waals surface area contributed by atoms with Gasteiger partial charge in [-0.3, -0.25) is 5.41 Å². The minimum Gasteiger partial charge on any atom is -0.386 e. The van der Waals surface area contributed by atoms with Crippen LogP contribution in [0.1, 0.15) is 13.3 Å². The van der Waals surface area contributed by atoms with E-state index in [4.69, 9.17) is 16.9 Å². The van der Waals surface area contributed by atoms with Gasteiger partial charge in [-0.1, -0.05) is 6.92 Å². The highest BCUT2D eigenvalue weighted by atomic mass is 15.2. The smallest absolute Gasteiger partial charge is 0.124 e. The van der Waals surface area contributed by atoms with Gasteiger partial charge >= 0.3 is 0 Å². The first-order valence-electron chi connectivity index (χ1n) is 4.19. The van der Waals surface area contributed by atoms with Gasteiger partial charge in [0.05, 0.1) is 5.82 Å². The number of rotatable bonds is 2. The monoisotopic (exact) mass is 168 g/mol. The largest absolute Gasteiger partial charge is 0.386 e. The molecule has 1 rings (SSSR count). The van der Waals surface area contributed by atoms with E-state index in [0.29, 0.717) is 5.84 Å². The van der Waals surface area contributed by atoms with E-state index in [9.17, 15) is 0 Å². The first-order chi connectivity index (χ1) is 5.63. The van der Waals surface area contributed by atoms with Crippen LogP contribution >= 0.6 is 0 Å². The van der Waals surface area contributed by atoms with Crippen LogP contribution in [0.4, 0.5) is 0 Å². The van der Waals surface area contributed by atoms with Crippen molar-refractivity contribution in [1.82, 2.24) is 4.90 Å². The predicted octanol–water partition coefficient (Wildman–Crippen LogP) is 0.0643. The van der Waals surface area contributed by atoms with E-state index in [2.05, 4.69) is 6.92 Å². The third kappa shape index (κ3) is 1.90. The zero-order chi connectivity index (χ0) is 9.14. The van der Waals surface area contributed by atoms with E-state index in [1.165, 1.54) is 12.5 Å². The summed E-state index contributed by atoms with van der Waals surface area (Å²) in [5.74, 6) is 1.39. The molecule has 1 heterocycles. The van der Waals surface area contributed by atoms with Crippen LogP contribution in [0, 0.1) is 11.3 Å². The van der Waals surface area contributed by atoms with Gasteiger partial charge in [0.2, 0.25) is 0 Å². The molecule has 0 radical (unpaired) electrons. The van der Waals surface area contributed by atoms with E-state index in [1.807, 2.05) is 4.90 Å². The molecule has 4 nitrogen and oxygen atoms in total. The van der Waals surface area contributed by atoms with E-state index in [0.717, 1.165) is 19.0 Å². The first kappa shape index (κ1) is 8.90. The fourth-order valence-electron chi connectivity index (χ4n) is 1.27. The third-order valence-electron chi connectivity index (χ3n) is 2.18. The molecule has 0 unspecified atom stereocenters. The highest BCUT2D eigenvalue weighted by molar-refractivity contribution is 5.91. The minimum absolute atomic E-state index is 0.208. The Morgan fingerprint density at radius 1 is 1.58 bits per heavy atom. The lowest BCUT2D eigenvalue weighted by molar-refractivity contribution is 0.183. The van der Waals surface area contributed by atoms with Gasteiger partial charge in [-0.2, -0.15) is 0 Å². The Labute approximate surface area is 72.7 Å². The molecule has 0 spiro atoms. The molecule has 0 aromatic carbocycles. The minimum atomic E-state index is 0.208. The van der Waals surface area contributed by atoms with Gasteiger partial charge in [0.15, 0.2) is 0 Å². The van der Waals surface area contributed by atoms with Gasteiger partial charge in [0.25, 0.3) is 0 Å². The lowest BCUT2D eigenvalue weighted by Gasteiger charge is -2.39. The Morgan fingerprint density at radius 3 is 2.58 bits per heavy atom. The fourth-order valence-corrected chi connectivity index (χ4v) is 1.27. The summed E-state index contributed by atoms with van der Waals surface area (Å²) in [4.78, 5) is 1.97. The number of amidine groups is 1. The second-order valence-corrected chi connectivity index (χ2v) is 3.21. The SMILES string of the molecule is CCC1CN(C(=N)C=C(N)N)C1. The normalized spacial score (nSPS) is 16.9. The molecule has 0 aromatic rings. The molecule has 0 bridgehead atoms. The highest BCUT2D eigenvalue weighted by Crippen LogP contribution is 2.18. The van der Waals surface area contributed by atoms with Crippen LogP contribution in [0.25, 0.3) is 0 Å². The number of hydrogen-bond donors (Lipinski definition) is 3. The number of nitrogens with two attached hydrogens (primary N) is 2. The molecule has 68 valence electrons. The van der Waals surface area contributed by atoms with E-state index in [1.54, 1.807) is 0 Å². The highest BCUT2D eigenvalue weighted by Gasteiger charge is 2.25. The third-order valence-corrected chi connectivity index (χ3v) is 2.18. The second-order valence-electron chi connectivity index (χ2n) is 3.21. The maximum absolute atomic E-state index is 7.53. The summed E-state index contributed by atoms with van der Waals surface area (Å²) in [5.41, 5.74) is 10.5. The van der Waals surface area contributed by atoms with Gasteiger partial charge in [0.1, 0.15) is 5.84 Å². The maximum Gasteiger partial charge on any atom is 0.124 e. The summed E-state index contributed by atoms with van der Waals surface area (Å²) in [6.07, 6.45) is 2.68. The Hall–Kier alpha value is -1.19. The first-order valence-corrected chi connectivity index (χ1v) is 4.19. The van der Waals surface area contributed by atoms with Crippen molar-refractivity contribution >= 4 is 5.84 Å². The summed E-state index contributed by atoms with van der Waals surface area (Å²) < 4.78 is 0. The molecular weight excluding hydrogens is 152 g/mol. The number of nitrogens with one attached hydrogen (secondary N) is 1. The van der Waals surface area contributed by atoms with Crippen LogP contribution in [-0.4, -0.2) is 23.8 Å². The van der Waals surface area contributed by atoms with Crippen molar-refractivity contribution in [2.75, 3.05) is 13.1 Å². The summed E-state index contributed by atoms with van der Waals surface area (Å²) >= 11 is 0. The van der Waals surface area contributed by atoms with Crippen LogP contribution in [-0.2, 0) is 0 Å². The maximum atomic E-state index is 7.53. The lowest BCUT2D eigenvalue weighted by Crippen LogP contribution is -2.49. The van der Waals surface area contributed by atoms with Crippen molar-refractivity contribution < 1.29 is 0 Å². The molecule has 5 N–H and O–H groups in total. The lowest BCUT2D eigenvalue weighted by atomic mass is 9.97. The van der Waals surface area contributed by atoms with Crippen molar-refractivity contribution in [3.8, 4) is 0 Å². The van der Waals surface area contributed by atoms with Crippen molar-refractivity contribution in [1.29, 1.82) is 5.41 Å². The molecular formula is C8H16N4. The summed E-state index contributed by atoms with van der Waals surface area (Å²) in [6.45, 7) is 4.11. The molecule has 0 amide bonds. The number of nitrogens with zero attached hydrogens (tertiary/aromatic N) is 1. The zero-order valence-electron chi connectivity index (χ0n) is 7.38. The van der Waals surface area contributed by atoms with Gasteiger partial charge in [0, 0.05) is 19.2 Å². The van der Waals surface area contributed by atoms with Crippen LogP contribution in [0.2, 0.25) is 0 Å². The average molecular weight is 168 g/mol. The molecule has 1 fully saturated rings. The van der Waals surface area contributed by atoms with Crippen LogP contribution in [0.5, 0.6) is 0 Å². The Balaban J connectivity index is 2.33. The van der Waals surface area contributed by atoms with E-state index >= 15 is 0 Å². The molecule has 4 heteroatoms. The summed E-state index contributed by atoms with van der Waals surface area (Å²) in [6, 6.07) is 0. The fraction of sp³-hybridized carbons (Fsp3) is 0.625. The molecule has 0 aliphatic carbocycles. The predicted molar refractivity (Wildman–Crippen MR) is 49.5 cm³/mol. The second kappa shape index (κ2) is 3.47. The van der Waals surface area contributed by atoms with Crippen LogP contribution < -0.4 is 11.5 Å². The number of hydrogen-bond acceptors (Lipinski definition) is 3. The molecule has 1 aliphatic heterocycles. The summed E-state index contributed by atoms with van der Waals surface area (Å²) in [7, 11) is 0. The van der Waals surface area contributed by atoms with E-state index in [-0.39, 0.29) is 5.82 Å². The Kier molecular flexibility index (Phi) is 2.58. The van der Waals surface area contributed by atoms with Gasteiger partial charge in [-0.05, 0) is 12.3 Å². The zero-order valence-corrected chi connectivity index (χ0v) is 7.38. The molecule has 0 saturated carbocycles. The van der Waals surface area contributed by atoms with Crippen molar-refractivity contribution in [3.05, 3.63) is 11.9 Å².